The topological polar surface area (TPSA) is 169 Å². The molecule has 2 saturated heterocycles. The lowest BCUT2D eigenvalue weighted by Gasteiger charge is -2.47. The molecule has 0 saturated carbocycles. The van der Waals surface area contributed by atoms with Crippen molar-refractivity contribution < 1.29 is 5.11 Å². The third kappa shape index (κ3) is 5.75. The van der Waals surface area contributed by atoms with E-state index in [0.29, 0.717) is 48.6 Å². The second-order valence-corrected chi connectivity index (χ2v) is 9.88. The van der Waals surface area contributed by atoms with E-state index in [0.717, 1.165) is 43.7 Å². The molecule has 1 atom stereocenters. The highest BCUT2D eigenvalue weighted by Gasteiger charge is 2.33. The molecule has 2 aliphatic heterocycles. The van der Waals surface area contributed by atoms with Crippen LogP contribution in [0.1, 0.15) is 31.0 Å². The van der Waals surface area contributed by atoms with Crippen LogP contribution in [0.2, 0.25) is 0 Å². The molecule has 0 amide bonds. The van der Waals surface area contributed by atoms with Gasteiger partial charge in [-0.05, 0) is 31.9 Å². The fourth-order valence-corrected chi connectivity index (χ4v) is 5.40. The number of nitrogens with two attached hydrogens (primary N) is 2. The highest BCUT2D eigenvalue weighted by atomic mass is 16.3. The zero-order valence-corrected chi connectivity index (χ0v) is 21.8. The Morgan fingerprint density at radius 1 is 1.24 bits per heavy atom. The molecule has 3 heterocycles. The number of aromatic nitrogens is 2. The summed E-state index contributed by atoms with van der Waals surface area (Å²) in [5.74, 6) is 0.624. The minimum atomic E-state index is -0.327. The quantitative estimate of drug-likeness (QED) is 0.185. The van der Waals surface area contributed by atoms with Crippen LogP contribution in [0.4, 0.5) is 17.3 Å². The van der Waals surface area contributed by atoms with Crippen molar-refractivity contribution in [1.82, 2.24) is 25.1 Å². The Labute approximate surface area is 222 Å². The van der Waals surface area contributed by atoms with E-state index in [2.05, 4.69) is 50.3 Å². The number of benzene rings is 1. The molecule has 38 heavy (non-hydrogen) atoms. The van der Waals surface area contributed by atoms with Gasteiger partial charge in [-0.25, -0.2) is 4.98 Å². The third-order valence-corrected chi connectivity index (χ3v) is 7.41. The Hall–Kier alpha value is -4.06. The van der Waals surface area contributed by atoms with E-state index in [-0.39, 0.29) is 29.7 Å². The summed E-state index contributed by atoms with van der Waals surface area (Å²) < 4.78 is 0. The molecule has 204 valence electrons. The van der Waals surface area contributed by atoms with Crippen molar-refractivity contribution in [3.63, 3.8) is 0 Å². The van der Waals surface area contributed by atoms with Crippen molar-refractivity contribution in [2.24, 2.45) is 5.18 Å². The molecule has 12 nitrogen and oxygen atoms in total. The summed E-state index contributed by atoms with van der Waals surface area (Å²) >= 11 is 0. The van der Waals surface area contributed by atoms with Crippen molar-refractivity contribution in [3.05, 3.63) is 57.9 Å². The number of rotatable bonds is 9. The van der Waals surface area contributed by atoms with Gasteiger partial charge >= 0.3 is 0 Å². The van der Waals surface area contributed by atoms with Gasteiger partial charge in [0, 0.05) is 74.4 Å². The number of aromatic amines is 1. The molecule has 0 spiro atoms. The number of likely N-dealkylation sites (tertiary alicyclic amines) is 1. The number of anilines is 3. The van der Waals surface area contributed by atoms with E-state index >= 15 is 0 Å². The molecule has 1 aromatic carbocycles. The third-order valence-electron chi connectivity index (χ3n) is 7.41. The van der Waals surface area contributed by atoms with Gasteiger partial charge in [0.15, 0.2) is 11.6 Å². The largest absolute Gasteiger partial charge is 0.508 e. The maximum Gasteiger partial charge on any atom is 0.291 e. The van der Waals surface area contributed by atoms with Gasteiger partial charge in [0.05, 0.1) is 12.2 Å². The first kappa shape index (κ1) is 27.0. The van der Waals surface area contributed by atoms with Gasteiger partial charge in [-0.15, -0.1) is 0 Å². The second-order valence-electron chi connectivity index (χ2n) is 9.88. The molecule has 7 N–H and O–H groups in total. The summed E-state index contributed by atoms with van der Waals surface area (Å²) in [7, 11) is 0. The first-order chi connectivity index (χ1) is 18.2. The van der Waals surface area contributed by atoms with Gasteiger partial charge in [-0.2, -0.15) is 4.91 Å². The Morgan fingerprint density at radius 2 is 1.97 bits per heavy atom. The highest BCUT2D eigenvalue weighted by Crippen LogP contribution is 2.31. The number of piperazine rings is 1. The molecule has 0 bridgehead atoms. The number of hydrogen-bond acceptors (Lipinski definition) is 11. The van der Waals surface area contributed by atoms with Gasteiger partial charge in [0.25, 0.3) is 5.56 Å². The summed E-state index contributed by atoms with van der Waals surface area (Å²) in [6.45, 7) is 14.6. The predicted molar refractivity (Wildman–Crippen MR) is 151 cm³/mol. The van der Waals surface area contributed by atoms with Crippen molar-refractivity contribution in [1.29, 1.82) is 0 Å². The molecule has 2 aromatic rings. The number of nitrogens with zero attached hydrogens (tertiary/aromatic N) is 5. The summed E-state index contributed by atoms with van der Waals surface area (Å²) in [4.78, 5) is 37.1. The number of phenolic OH excluding ortho intramolecular Hbond substituents is 1. The van der Waals surface area contributed by atoms with E-state index in [1.54, 1.807) is 12.1 Å². The number of nitrogens with one attached hydrogen (secondary N) is 2. The fourth-order valence-electron chi connectivity index (χ4n) is 5.40. The Bertz CT molecular complexity index is 1250. The second kappa shape index (κ2) is 11.5. The van der Waals surface area contributed by atoms with E-state index in [9.17, 15) is 14.8 Å². The summed E-state index contributed by atoms with van der Waals surface area (Å²) in [6.07, 6.45) is 1.99. The van der Waals surface area contributed by atoms with Crippen LogP contribution in [0.5, 0.6) is 5.75 Å². The van der Waals surface area contributed by atoms with Gasteiger partial charge in [-0.1, -0.05) is 18.3 Å². The van der Waals surface area contributed by atoms with E-state index in [1.807, 2.05) is 11.0 Å². The maximum absolute atomic E-state index is 12.9. The minimum absolute atomic E-state index is 0.0810. The molecular weight excluding hydrogens is 486 g/mol. The Balaban J connectivity index is 1.35. The van der Waals surface area contributed by atoms with Crippen LogP contribution in [0, 0.1) is 4.91 Å². The molecule has 0 aliphatic carbocycles. The molecule has 2 aliphatic rings. The van der Waals surface area contributed by atoms with Crippen LogP contribution in [-0.4, -0.2) is 82.8 Å². The zero-order chi connectivity index (χ0) is 27.4. The van der Waals surface area contributed by atoms with Gasteiger partial charge in [0.2, 0.25) is 0 Å². The first-order valence-corrected chi connectivity index (χ1v) is 12.8. The number of piperidine rings is 1. The summed E-state index contributed by atoms with van der Waals surface area (Å²) in [6, 6.07) is 5.66. The standard InChI is InChI=1S/C26H37N9O3/c1-16-15-34(25-26(37)31-23(24(28)32-25)17(2)29-8-9-30-38)12-13-35(16)19-6-10-33(11-7-19)18(3)21-5-4-20(36)14-22(21)27/h4-5,14,16,19,29,36H,2-3,6-13,15,27H2,1H3,(H2,28,32)(H,31,37). The Morgan fingerprint density at radius 3 is 2.63 bits per heavy atom. The SMILES string of the molecule is C=C(NCCN=O)c1[nH]c(=O)c(N2CCN(C3CCN(C(=C)c4ccc(O)cc4N)CC3)C(C)C2)nc1N. The van der Waals surface area contributed by atoms with Crippen molar-refractivity contribution in [3.8, 4) is 5.75 Å². The molecular formula is C26H37N9O3. The Kier molecular flexibility index (Phi) is 8.20. The molecule has 12 heteroatoms. The molecule has 1 aromatic heterocycles. The van der Waals surface area contributed by atoms with Crippen LogP contribution in [0.15, 0.2) is 41.3 Å². The van der Waals surface area contributed by atoms with Crippen molar-refractivity contribution in [2.45, 2.75) is 31.8 Å². The zero-order valence-electron chi connectivity index (χ0n) is 21.8. The molecule has 0 radical (unpaired) electrons. The fraction of sp³-hybridized carbons (Fsp3) is 0.462. The molecule has 4 rings (SSSR count). The number of nitroso groups, excluding NO2 is 1. The lowest BCUT2D eigenvalue weighted by molar-refractivity contribution is 0.0865. The lowest BCUT2D eigenvalue weighted by atomic mass is 9.98. The van der Waals surface area contributed by atoms with E-state index < -0.39 is 0 Å². The van der Waals surface area contributed by atoms with Crippen LogP contribution in [0.3, 0.4) is 0 Å². The van der Waals surface area contributed by atoms with Crippen LogP contribution in [0.25, 0.3) is 11.4 Å². The average molecular weight is 524 g/mol. The van der Waals surface area contributed by atoms with Gasteiger partial charge in [0.1, 0.15) is 11.4 Å². The monoisotopic (exact) mass is 523 g/mol. The van der Waals surface area contributed by atoms with Crippen LogP contribution >= 0.6 is 0 Å². The smallest absolute Gasteiger partial charge is 0.291 e. The van der Waals surface area contributed by atoms with E-state index in [4.69, 9.17) is 11.5 Å². The maximum atomic E-state index is 12.9. The number of nitrogen functional groups attached to an aromatic ring is 2. The van der Waals surface area contributed by atoms with Crippen LogP contribution in [-0.2, 0) is 0 Å². The van der Waals surface area contributed by atoms with Crippen molar-refractivity contribution in [2.75, 3.05) is 62.2 Å². The lowest BCUT2D eigenvalue weighted by Crippen LogP contribution is -2.58. The molecule has 1 unspecified atom stereocenters. The molecule has 2 fully saturated rings. The summed E-state index contributed by atoms with van der Waals surface area (Å²) in [5, 5.41) is 15.4. The summed E-state index contributed by atoms with van der Waals surface area (Å²) in [5.41, 5.74) is 14.9. The minimum Gasteiger partial charge on any atom is -0.508 e. The predicted octanol–water partition coefficient (Wildman–Crippen LogP) is 1.61. The normalized spacial score (nSPS) is 18.8. The van der Waals surface area contributed by atoms with Crippen LogP contribution < -0.4 is 27.2 Å². The van der Waals surface area contributed by atoms with E-state index in [1.165, 1.54) is 0 Å². The number of H-pyrrole nitrogens is 1. The highest BCUT2D eigenvalue weighted by molar-refractivity contribution is 5.73. The van der Waals surface area contributed by atoms with Crippen molar-refractivity contribution >= 4 is 28.7 Å². The first-order valence-electron chi connectivity index (χ1n) is 12.8. The average Bonchev–Trinajstić information content (AvgIpc) is 2.89. The van der Waals surface area contributed by atoms with Gasteiger partial charge < -0.3 is 36.7 Å². The number of phenols is 1. The number of hydrogen-bond donors (Lipinski definition) is 5. The number of aromatic hydroxyl groups is 1. The van der Waals surface area contributed by atoms with Gasteiger partial charge in [-0.3, -0.25) is 9.69 Å².